The fourth-order valence-corrected chi connectivity index (χ4v) is 2.92. The van der Waals surface area contributed by atoms with Gasteiger partial charge in [0.25, 0.3) is 0 Å². The van der Waals surface area contributed by atoms with Crippen LogP contribution in [0.1, 0.15) is 32.3 Å². The number of rotatable bonds is 7. The number of hydrogen-bond acceptors (Lipinski definition) is 3. The van der Waals surface area contributed by atoms with Crippen LogP contribution in [0.4, 0.5) is 0 Å². The average molecular weight is 460 g/mol. The summed E-state index contributed by atoms with van der Waals surface area (Å²) in [6.45, 7) is 9.32. The van der Waals surface area contributed by atoms with Crippen LogP contribution in [-0.2, 0) is 6.54 Å². The summed E-state index contributed by atoms with van der Waals surface area (Å²) in [7, 11) is 1.70. The summed E-state index contributed by atoms with van der Waals surface area (Å²) in [6, 6.07) is 8.37. The van der Waals surface area contributed by atoms with E-state index in [0.29, 0.717) is 17.8 Å². The summed E-state index contributed by atoms with van der Waals surface area (Å²) in [5.74, 6) is 2.74. The van der Waals surface area contributed by atoms with Crippen LogP contribution in [0.5, 0.6) is 5.75 Å². The maximum absolute atomic E-state index is 5.91. The van der Waals surface area contributed by atoms with Gasteiger partial charge in [-0.05, 0) is 55.5 Å². The van der Waals surface area contributed by atoms with Gasteiger partial charge in [-0.25, -0.2) is 0 Å². The molecule has 3 N–H and O–H groups in total. The zero-order valence-corrected chi connectivity index (χ0v) is 18.0. The van der Waals surface area contributed by atoms with Crippen LogP contribution >= 0.6 is 24.0 Å². The van der Waals surface area contributed by atoms with Crippen LogP contribution in [0.2, 0.25) is 0 Å². The van der Waals surface area contributed by atoms with E-state index in [1.165, 1.54) is 18.4 Å². The van der Waals surface area contributed by atoms with Crippen LogP contribution in [0, 0.1) is 11.8 Å². The molecule has 5 nitrogen and oxygen atoms in total. The van der Waals surface area contributed by atoms with E-state index in [-0.39, 0.29) is 24.0 Å². The van der Waals surface area contributed by atoms with Crippen molar-refractivity contribution in [3.8, 4) is 5.75 Å². The third kappa shape index (κ3) is 8.27. The summed E-state index contributed by atoms with van der Waals surface area (Å²) < 4.78 is 5.21. The highest BCUT2D eigenvalue weighted by Gasteiger charge is 2.19. The Morgan fingerprint density at radius 2 is 1.92 bits per heavy atom. The molecule has 1 aromatic rings. The topological polar surface area (TPSA) is 62.9 Å². The summed E-state index contributed by atoms with van der Waals surface area (Å²) in [4.78, 5) is 6.88. The van der Waals surface area contributed by atoms with E-state index in [9.17, 15) is 0 Å². The SMILES string of the molecule is COc1ccc(CN2CCC(CNC(N)=NCC(C)C)CC2)cc1.I. The fourth-order valence-electron chi connectivity index (χ4n) is 2.92. The summed E-state index contributed by atoms with van der Waals surface area (Å²) in [5, 5.41) is 3.28. The van der Waals surface area contributed by atoms with E-state index >= 15 is 0 Å². The van der Waals surface area contributed by atoms with Gasteiger partial charge in [-0.2, -0.15) is 0 Å². The molecule has 0 radical (unpaired) electrons. The van der Waals surface area contributed by atoms with E-state index in [4.69, 9.17) is 10.5 Å². The molecule has 0 atom stereocenters. The number of nitrogens with zero attached hydrogens (tertiary/aromatic N) is 2. The first-order valence-corrected chi connectivity index (χ1v) is 8.96. The molecule has 1 aliphatic rings. The van der Waals surface area contributed by atoms with Gasteiger partial charge in [0.15, 0.2) is 5.96 Å². The monoisotopic (exact) mass is 460 g/mol. The van der Waals surface area contributed by atoms with Crippen molar-refractivity contribution >= 4 is 29.9 Å². The quantitative estimate of drug-likeness (QED) is 0.373. The van der Waals surface area contributed by atoms with Crippen molar-refractivity contribution in [1.82, 2.24) is 10.2 Å². The minimum absolute atomic E-state index is 0. The van der Waals surface area contributed by atoms with Gasteiger partial charge in [0, 0.05) is 19.6 Å². The maximum atomic E-state index is 5.91. The molecule has 6 heteroatoms. The molecule has 1 aromatic carbocycles. The first kappa shape index (κ1) is 22.0. The number of halogens is 1. The highest BCUT2D eigenvalue weighted by molar-refractivity contribution is 14.0. The van der Waals surface area contributed by atoms with E-state index in [1.807, 2.05) is 12.1 Å². The lowest BCUT2D eigenvalue weighted by atomic mass is 9.96. The predicted molar refractivity (Wildman–Crippen MR) is 116 cm³/mol. The van der Waals surface area contributed by atoms with Crippen LogP contribution < -0.4 is 15.8 Å². The standard InChI is InChI=1S/C19H32N4O.HI/c1-15(2)12-21-19(20)22-13-16-8-10-23(11-9-16)14-17-4-6-18(24-3)7-5-17;/h4-7,15-16H,8-14H2,1-3H3,(H3,20,21,22);1H. The first-order valence-electron chi connectivity index (χ1n) is 8.96. The number of aliphatic imine (C=N–C) groups is 1. The Kier molecular flexibility index (Phi) is 10.2. The zero-order valence-electron chi connectivity index (χ0n) is 15.7. The van der Waals surface area contributed by atoms with Gasteiger partial charge >= 0.3 is 0 Å². The minimum atomic E-state index is 0. The van der Waals surface area contributed by atoms with Crippen molar-refractivity contribution in [2.45, 2.75) is 33.2 Å². The van der Waals surface area contributed by atoms with Crippen molar-refractivity contribution in [3.63, 3.8) is 0 Å². The summed E-state index contributed by atoms with van der Waals surface area (Å²) in [5.41, 5.74) is 7.26. The van der Waals surface area contributed by atoms with Crippen LogP contribution in [0.25, 0.3) is 0 Å². The Labute approximate surface area is 169 Å². The number of ether oxygens (including phenoxy) is 1. The van der Waals surface area contributed by atoms with Gasteiger partial charge in [-0.15, -0.1) is 24.0 Å². The lowest BCUT2D eigenvalue weighted by Gasteiger charge is -2.32. The molecular weight excluding hydrogens is 427 g/mol. The molecule has 0 saturated carbocycles. The number of guanidine groups is 1. The first-order chi connectivity index (χ1) is 11.6. The van der Waals surface area contributed by atoms with Crippen LogP contribution in [-0.4, -0.2) is 44.1 Å². The third-order valence-corrected chi connectivity index (χ3v) is 4.47. The number of nitrogens with two attached hydrogens (primary N) is 1. The Morgan fingerprint density at radius 3 is 2.48 bits per heavy atom. The molecule has 142 valence electrons. The molecule has 1 fully saturated rings. The van der Waals surface area contributed by atoms with Gasteiger partial charge < -0.3 is 15.8 Å². The van der Waals surface area contributed by atoms with Crippen molar-refractivity contribution < 1.29 is 4.74 Å². The van der Waals surface area contributed by atoms with E-state index in [1.54, 1.807) is 7.11 Å². The molecule has 0 aromatic heterocycles. The van der Waals surface area contributed by atoms with Crippen molar-refractivity contribution in [2.75, 3.05) is 33.3 Å². The molecule has 0 spiro atoms. The maximum Gasteiger partial charge on any atom is 0.188 e. The van der Waals surface area contributed by atoms with E-state index < -0.39 is 0 Å². The zero-order chi connectivity index (χ0) is 17.4. The number of nitrogens with one attached hydrogen (secondary N) is 1. The summed E-state index contributed by atoms with van der Waals surface area (Å²) >= 11 is 0. The summed E-state index contributed by atoms with van der Waals surface area (Å²) in [6.07, 6.45) is 2.42. The Balaban J connectivity index is 0.00000312. The predicted octanol–water partition coefficient (Wildman–Crippen LogP) is 3.09. The highest BCUT2D eigenvalue weighted by Crippen LogP contribution is 2.19. The molecule has 0 unspecified atom stereocenters. The number of benzene rings is 1. The largest absolute Gasteiger partial charge is 0.497 e. The third-order valence-electron chi connectivity index (χ3n) is 4.47. The minimum Gasteiger partial charge on any atom is -0.497 e. The Hall–Kier alpha value is -1.02. The van der Waals surface area contributed by atoms with Crippen molar-refractivity contribution in [1.29, 1.82) is 0 Å². The molecular formula is C19H33IN4O. The molecule has 0 amide bonds. The van der Waals surface area contributed by atoms with Gasteiger partial charge in [0.05, 0.1) is 7.11 Å². The lowest BCUT2D eigenvalue weighted by Crippen LogP contribution is -2.40. The number of hydrogen-bond donors (Lipinski definition) is 2. The van der Waals surface area contributed by atoms with Crippen molar-refractivity contribution in [2.24, 2.45) is 22.6 Å². The lowest BCUT2D eigenvalue weighted by molar-refractivity contribution is 0.178. The fraction of sp³-hybridized carbons (Fsp3) is 0.632. The second-order valence-electron chi connectivity index (χ2n) is 7.07. The molecule has 0 aliphatic carbocycles. The van der Waals surface area contributed by atoms with E-state index in [2.05, 4.69) is 41.2 Å². The number of piperidine rings is 1. The van der Waals surface area contributed by atoms with E-state index in [0.717, 1.165) is 38.5 Å². The highest BCUT2D eigenvalue weighted by atomic mass is 127. The molecule has 1 aliphatic heterocycles. The smallest absolute Gasteiger partial charge is 0.188 e. The van der Waals surface area contributed by atoms with Crippen LogP contribution in [0.3, 0.4) is 0 Å². The van der Waals surface area contributed by atoms with Crippen molar-refractivity contribution in [3.05, 3.63) is 29.8 Å². The second-order valence-corrected chi connectivity index (χ2v) is 7.07. The normalized spacial score (nSPS) is 16.6. The molecule has 1 saturated heterocycles. The van der Waals surface area contributed by atoms with Crippen LogP contribution in [0.15, 0.2) is 29.3 Å². The molecule has 2 rings (SSSR count). The number of methoxy groups -OCH3 is 1. The average Bonchev–Trinajstić information content (AvgIpc) is 2.60. The molecule has 1 heterocycles. The Morgan fingerprint density at radius 1 is 1.28 bits per heavy atom. The molecule has 25 heavy (non-hydrogen) atoms. The van der Waals surface area contributed by atoms with Gasteiger partial charge in [0.1, 0.15) is 5.75 Å². The number of likely N-dealkylation sites (tertiary alicyclic amines) is 1. The molecule has 0 bridgehead atoms. The van der Waals surface area contributed by atoms with Gasteiger partial charge in [0.2, 0.25) is 0 Å². The Bertz CT molecular complexity index is 511. The van der Waals surface area contributed by atoms with Gasteiger partial charge in [-0.1, -0.05) is 26.0 Å². The second kappa shape index (κ2) is 11.6. The van der Waals surface area contributed by atoms with Gasteiger partial charge in [-0.3, -0.25) is 9.89 Å².